The monoisotopic (exact) mass is 472 g/mol. The number of aromatic nitrogens is 1. The topological polar surface area (TPSA) is 77.7 Å². The highest BCUT2D eigenvalue weighted by molar-refractivity contribution is 5.98. The van der Waals surface area contributed by atoms with Crippen LogP contribution >= 0.6 is 0 Å². The lowest BCUT2D eigenvalue weighted by atomic mass is 9.80. The summed E-state index contributed by atoms with van der Waals surface area (Å²) >= 11 is 0. The molecule has 5 rings (SSSR count). The Labute approximate surface area is 205 Å². The van der Waals surface area contributed by atoms with Crippen LogP contribution in [0.5, 0.6) is 0 Å². The molecule has 35 heavy (non-hydrogen) atoms. The van der Waals surface area contributed by atoms with Crippen molar-refractivity contribution in [2.24, 2.45) is 5.92 Å². The largest absolute Gasteiger partial charge is 0.465 e. The van der Waals surface area contributed by atoms with Gasteiger partial charge >= 0.3 is 5.97 Å². The van der Waals surface area contributed by atoms with E-state index in [0.29, 0.717) is 19.2 Å². The SMILES string of the molecule is CCOC(=O)CN(CC(=O)Nc1ccccc1)C[C@@H]1C=C2c3cccc4[nH]cc(c34)C[C@H]2N(C)C1. The summed E-state index contributed by atoms with van der Waals surface area (Å²) in [6, 6.07) is 16.1. The molecule has 7 heteroatoms. The molecule has 1 aromatic heterocycles. The van der Waals surface area contributed by atoms with Gasteiger partial charge in [0.25, 0.3) is 0 Å². The highest BCUT2D eigenvalue weighted by atomic mass is 16.5. The summed E-state index contributed by atoms with van der Waals surface area (Å²) in [6.07, 6.45) is 5.48. The van der Waals surface area contributed by atoms with Crippen molar-refractivity contribution in [1.29, 1.82) is 0 Å². The molecule has 0 fully saturated rings. The van der Waals surface area contributed by atoms with Crippen molar-refractivity contribution >= 4 is 34.0 Å². The number of carbonyl (C=O) groups is 2. The van der Waals surface area contributed by atoms with Crippen LogP contribution in [0.15, 0.2) is 60.8 Å². The van der Waals surface area contributed by atoms with Crippen molar-refractivity contribution < 1.29 is 14.3 Å². The van der Waals surface area contributed by atoms with Crippen LogP contribution < -0.4 is 5.32 Å². The Morgan fingerprint density at radius 3 is 2.77 bits per heavy atom. The second kappa shape index (κ2) is 10.1. The number of carbonyl (C=O) groups excluding carboxylic acids is 2. The molecule has 2 aliphatic rings. The van der Waals surface area contributed by atoms with Crippen LogP contribution in [0.2, 0.25) is 0 Å². The highest BCUT2D eigenvalue weighted by Crippen LogP contribution is 2.40. The number of H-pyrrole nitrogens is 1. The maximum atomic E-state index is 12.8. The van der Waals surface area contributed by atoms with Crippen LogP contribution in [-0.4, -0.2) is 72.5 Å². The number of nitrogens with one attached hydrogen (secondary N) is 2. The van der Waals surface area contributed by atoms with Gasteiger partial charge in [-0.2, -0.15) is 0 Å². The van der Waals surface area contributed by atoms with Gasteiger partial charge in [0.2, 0.25) is 5.91 Å². The van der Waals surface area contributed by atoms with E-state index in [-0.39, 0.29) is 30.9 Å². The number of benzene rings is 2. The van der Waals surface area contributed by atoms with Crippen LogP contribution in [0, 0.1) is 5.92 Å². The molecule has 2 atom stereocenters. The maximum absolute atomic E-state index is 12.8. The van der Waals surface area contributed by atoms with Crippen molar-refractivity contribution in [3.8, 4) is 0 Å². The summed E-state index contributed by atoms with van der Waals surface area (Å²) in [5.41, 5.74) is 5.90. The van der Waals surface area contributed by atoms with Crippen molar-refractivity contribution in [1.82, 2.24) is 14.8 Å². The first-order valence-corrected chi connectivity index (χ1v) is 12.3. The number of nitrogens with zero attached hydrogens (tertiary/aromatic N) is 2. The molecule has 0 bridgehead atoms. The summed E-state index contributed by atoms with van der Waals surface area (Å²) < 4.78 is 5.20. The van der Waals surface area contributed by atoms with Gasteiger partial charge in [-0.15, -0.1) is 0 Å². The molecule has 0 saturated carbocycles. The number of likely N-dealkylation sites (N-methyl/N-ethyl adjacent to an activating group) is 1. The molecule has 2 aromatic carbocycles. The van der Waals surface area contributed by atoms with E-state index >= 15 is 0 Å². The lowest BCUT2D eigenvalue weighted by molar-refractivity contribution is -0.144. The quantitative estimate of drug-likeness (QED) is 0.491. The van der Waals surface area contributed by atoms with E-state index in [1.807, 2.05) is 35.2 Å². The predicted molar refractivity (Wildman–Crippen MR) is 138 cm³/mol. The molecule has 0 saturated heterocycles. The molecule has 7 nitrogen and oxygen atoms in total. The van der Waals surface area contributed by atoms with Crippen LogP contribution in [0.4, 0.5) is 5.69 Å². The minimum Gasteiger partial charge on any atom is -0.465 e. The summed E-state index contributed by atoms with van der Waals surface area (Å²) in [6.45, 7) is 3.79. The Hall–Kier alpha value is -3.42. The number of rotatable bonds is 8. The van der Waals surface area contributed by atoms with Gasteiger partial charge in [-0.25, -0.2) is 0 Å². The number of aromatic amines is 1. The molecule has 1 aliphatic heterocycles. The molecular weight excluding hydrogens is 440 g/mol. The zero-order valence-corrected chi connectivity index (χ0v) is 20.3. The van der Waals surface area contributed by atoms with Gasteiger partial charge in [-0.1, -0.05) is 36.4 Å². The van der Waals surface area contributed by atoms with Crippen molar-refractivity contribution in [2.75, 3.05) is 45.2 Å². The standard InChI is InChI=1S/C28H32N4O3/c1-3-35-27(34)18-32(17-26(33)30-21-8-5-4-6-9-21)16-19-12-23-22-10-7-11-24-28(22)20(14-29-24)13-25(23)31(2)15-19/h4-12,14,19,25,29H,3,13,15-18H2,1-2H3,(H,30,33)/t19-,25-/m1/s1. The van der Waals surface area contributed by atoms with E-state index in [4.69, 9.17) is 4.74 Å². The highest BCUT2D eigenvalue weighted by Gasteiger charge is 2.34. The second-order valence-corrected chi connectivity index (χ2v) is 9.47. The molecule has 3 aromatic rings. The Balaban J connectivity index is 1.37. The number of fused-ring (bicyclic) bond motifs is 2. The Morgan fingerprint density at radius 1 is 1.14 bits per heavy atom. The minimum atomic E-state index is -0.311. The molecule has 0 unspecified atom stereocenters. The van der Waals surface area contributed by atoms with Crippen LogP contribution in [-0.2, 0) is 20.7 Å². The van der Waals surface area contributed by atoms with Gasteiger partial charge in [0.15, 0.2) is 0 Å². The van der Waals surface area contributed by atoms with E-state index in [2.05, 4.69) is 52.7 Å². The van der Waals surface area contributed by atoms with Crippen molar-refractivity contribution in [2.45, 2.75) is 19.4 Å². The van der Waals surface area contributed by atoms with Gasteiger partial charge < -0.3 is 15.0 Å². The van der Waals surface area contributed by atoms with Gasteiger partial charge in [-0.3, -0.25) is 19.4 Å². The summed E-state index contributed by atoms with van der Waals surface area (Å²) in [7, 11) is 2.17. The summed E-state index contributed by atoms with van der Waals surface area (Å²) in [5.74, 6) is -0.273. The van der Waals surface area contributed by atoms with E-state index in [1.54, 1.807) is 6.92 Å². The molecule has 182 valence electrons. The minimum absolute atomic E-state index is 0.0837. The van der Waals surface area contributed by atoms with Crippen molar-refractivity contribution in [3.05, 3.63) is 71.9 Å². The third kappa shape index (κ3) is 5.01. The lowest BCUT2D eigenvalue weighted by Gasteiger charge is -2.41. The van der Waals surface area contributed by atoms with E-state index in [1.165, 1.54) is 27.6 Å². The Morgan fingerprint density at radius 2 is 1.97 bits per heavy atom. The predicted octanol–water partition coefficient (Wildman–Crippen LogP) is 3.54. The number of anilines is 1. The second-order valence-electron chi connectivity index (χ2n) is 9.47. The van der Waals surface area contributed by atoms with Crippen molar-refractivity contribution in [3.63, 3.8) is 0 Å². The molecule has 2 heterocycles. The first kappa shape index (κ1) is 23.3. The van der Waals surface area contributed by atoms with Gasteiger partial charge in [0, 0.05) is 47.8 Å². The average molecular weight is 473 g/mol. The third-order valence-electron chi connectivity index (χ3n) is 6.92. The molecule has 1 amide bonds. The van der Waals surface area contributed by atoms with Crippen LogP contribution in [0.3, 0.4) is 0 Å². The van der Waals surface area contributed by atoms with E-state index < -0.39 is 0 Å². The van der Waals surface area contributed by atoms with Crippen LogP contribution in [0.25, 0.3) is 16.5 Å². The third-order valence-corrected chi connectivity index (χ3v) is 6.92. The number of amides is 1. The van der Waals surface area contributed by atoms with Gasteiger partial charge in [0.1, 0.15) is 0 Å². The fraction of sp³-hybridized carbons (Fsp3) is 0.357. The molecule has 0 radical (unpaired) electrons. The average Bonchev–Trinajstić information content (AvgIpc) is 3.25. The summed E-state index contributed by atoms with van der Waals surface area (Å²) in [5, 5.41) is 4.24. The number of hydrogen-bond acceptors (Lipinski definition) is 5. The van der Waals surface area contributed by atoms with E-state index in [9.17, 15) is 9.59 Å². The first-order chi connectivity index (χ1) is 17.0. The Kier molecular flexibility index (Phi) is 6.70. The Bertz CT molecular complexity index is 1250. The fourth-order valence-electron chi connectivity index (χ4n) is 5.49. The normalized spacial score (nSPS) is 19.3. The van der Waals surface area contributed by atoms with Gasteiger partial charge in [-0.05, 0) is 55.3 Å². The fourth-order valence-corrected chi connectivity index (χ4v) is 5.49. The summed E-state index contributed by atoms with van der Waals surface area (Å²) in [4.78, 5) is 32.9. The van der Waals surface area contributed by atoms with Crippen LogP contribution in [0.1, 0.15) is 18.1 Å². The molecular formula is C28H32N4O3. The number of para-hydroxylation sites is 1. The van der Waals surface area contributed by atoms with E-state index in [0.717, 1.165) is 18.7 Å². The first-order valence-electron chi connectivity index (χ1n) is 12.3. The molecule has 2 N–H and O–H groups in total. The maximum Gasteiger partial charge on any atom is 0.320 e. The molecule has 1 aliphatic carbocycles. The zero-order chi connectivity index (χ0) is 24.4. The smallest absolute Gasteiger partial charge is 0.320 e. The number of esters is 1. The zero-order valence-electron chi connectivity index (χ0n) is 20.3. The number of ether oxygens (including phenoxy) is 1. The lowest BCUT2D eigenvalue weighted by Crippen LogP contribution is -2.47. The number of hydrogen-bond donors (Lipinski definition) is 2. The van der Waals surface area contributed by atoms with Gasteiger partial charge in [0.05, 0.1) is 19.7 Å². The molecule has 0 spiro atoms.